The zero-order valence-corrected chi connectivity index (χ0v) is 13.8. The van der Waals surface area contributed by atoms with Crippen LogP contribution in [0.25, 0.3) is 0 Å². The van der Waals surface area contributed by atoms with E-state index in [4.69, 9.17) is 4.74 Å². The average molecular weight is 334 g/mol. The maximum Gasteiger partial charge on any atom is 0.127 e. The topological polar surface area (TPSA) is 21.3 Å². The van der Waals surface area contributed by atoms with Crippen molar-refractivity contribution in [3.05, 3.63) is 63.1 Å². The lowest BCUT2D eigenvalue weighted by Crippen LogP contribution is -2.09. The van der Waals surface area contributed by atoms with E-state index in [0.29, 0.717) is 6.61 Å². The second-order valence-electron chi connectivity index (χ2n) is 4.96. The molecular weight excluding hydrogens is 314 g/mol. The first-order chi connectivity index (χ1) is 9.61. The molecule has 20 heavy (non-hydrogen) atoms. The van der Waals surface area contributed by atoms with Crippen molar-refractivity contribution in [1.29, 1.82) is 0 Å². The smallest absolute Gasteiger partial charge is 0.127 e. The minimum Gasteiger partial charge on any atom is -0.488 e. The van der Waals surface area contributed by atoms with Gasteiger partial charge in [-0.15, -0.1) is 0 Å². The largest absolute Gasteiger partial charge is 0.488 e. The van der Waals surface area contributed by atoms with Crippen LogP contribution in [0.3, 0.4) is 0 Å². The summed E-state index contributed by atoms with van der Waals surface area (Å²) in [6, 6.07) is 12.5. The summed E-state index contributed by atoms with van der Waals surface area (Å²) in [7, 11) is 1.95. The zero-order chi connectivity index (χ0) is 14.5. The Morgan fingerprint density at radius 1 is 1.05 bits per heavy atom. The van der Waals surface area contributed by atoms with Crippen LogP contribution in [0.1, 0.15) is 22.3 Å². The maximum absolute atomic E-state index is 6.08. The summed E-state index contributed by atoms with van der Waals surface area (Å²) in [5, 5.41) is 3.19. The van der Waals surface area contributed by atoms with Crippen molar-refractivity contribution < 1.29 is 4.74 Å². The first-order valence-corrected chi connectivity index (χ1v) is 7.52. The van der Waals surface area contributed by atoms with E-state index in [-0.39, 0.29) is 0 Å². The molecule has 0 unspecified atom stereocenters. The highest BCUT2D eigenvalue weighted by Gasteiger charge is 2.09. The lowest BCUT2D eigenvalue weighted by atomic mass is 10.1. The summed E-state index contributed by atoms with van der Waals surface area (Å²) >= 11 is 3.54. The molecule has 3 heteroatoms. The molecule has 0 saturated heterocycles. The van der Waals surface area contributed by atoms with Crippen LogP contribution in [0, 0.1) is 13.8 Å². The van der Waals surface area contributed by atoms with Crippen molar-refractivity contribution in [2.45, 2.75) is 27.0 Å². The van der Waals surface area contributed by atoms with Gasteiger partial charge in [0.25, 0.3) is 0 Å². The Hall–Kier alpha value is -1.32. The van der Waals surface area contributed by atoms with Crippen molar-refractivity contribution in [2.75, 3.05) is 7.05 Å². The first kappa shape index (κ1) is 15.1. The third-order valence-electron chi connectivity index (χ3n) is 3.32. The molecule has 106 valence electrons. The minimum atomic E-state index is 0.603. The lowest BCUT2D eigenvalue weighted by molar-refractivity contribution is 0.299. The highest BCUT2D eigenvalue weighted by Crippen LogP contribution is 2.29. The Bertz CT molecular complexity index is 596. The number of rotatable bonds is 5. The minimum absolute atomic E-state index is 0.603. The van der Waals surface area contributed by atoms with Crippen LogP contribution in [0.5, 0.6) is 5.75 Å². The molecule has 2 rings (SSSR count). The number of hydrogen-bond donors (Lipinski definition) is 1. The molecule has 0 saturated carbocycles. The van der Waals surface area contributed by atoms with Crippen molar-refractivity contribution in [3.8, 4) is 5.75 Å². The highest BCUT2D eigenvalue weighted by molar-refractivity contribution is 9.10. The standard InChI is InChI=1S/C17H20BrNO/c1-12-6-4-5-7-14(12)11-20-17-13(2)8-16(18)9-15(17)10-19-3/h4-9,19H,10-11H2,1-3H3. The molecule has 0 aromatic heterocycles. The Morgan fingerprint density at radius 3 is 2.50 bits per heavy atom. The van der Waals surface area contributed by atoms with Gasteiger partial charge in [-0.25, -0.2) is 0 Å². The van der Waals surface area contributed by atoms with Crippen LogP contribution < -0.4 is 10.1 Å². The molecule has 1 N–H and O–H groups in total. The molecule has 2 aromatic carbocycles. The molecule has 2 nitrogen and oxygen atoms in total. The molecule has 0 spiro atoms. The lowest BCUT2D eigenvalue weighted by Gasteiger charge is -2.16. The second-order valence-corrected chi connectivity index (χ2v) is 5.87. The van der Waals surface area contributed by atoms with E-state index >= 15 is 0 Å². The Balaban J connectivity index is 2.22. The fourth-order valence-electron chi connectivity index (χ4n) is 2.25. The van der Waals surface area contributed by atoms with Gasteiger partial charge < -0.3 is 10.1 Å². The molecule has 0 amide bonds. The van der Waals surface area contributed by atoms with Gasteiger partial charge in [0.05, 0.1) is 0 Å². The summed E-state index contributed by atoms with van der Waals surface area (Å²) < 4.78 is 7.17. The number of aryl methyl sites for hydroxylation is 2. The van der Waals surface area contributed by atoms with Crippen LogP contribution in [-0.2, 0) is 13.2 Å². The summed E-state index contributed by atoms with van der Waals surface area (Å²) in [6.07, 6.45) is 0. The number of hydrogen-bond acceptors (Lipinski definition) is 2. The van der Waals surface area contributed by atoms with Gasteiger partial charge in [-0.2, -0.15) is 0 Å². The first-order valence-electron chi connectivity index (χ1n) is 6.72. The summed E-state index contributed by atoms with van der Waals surface area (Å²) in [5.41, 5.74) is 4.81. The molecule has 0 aliphatic carbocycles. The molecule has 0 radical (unpaired) electrons. The molecule has 0 heterocycles. The zero-order valence-electron chi connectivity index (χ0n) is 12.2. The van der Waals surface area contributed by atoms with Crippen molar-refractivity contribution in [1.82, 2.24) is 5.32 Å². The summed E-state index contributed by atoms with van der Waals surface area (Å²) in [5.74, 6) is 0.978. The van der Waals surface area contributed by atoms with Crippen molar-refractivity contribution >= 4 is 15.9 Å². The Kier molecular flexibility index (Phi) is 5.21. The van der Waals surface area contributed by atoms with Crippen molar-refractivity contribution in [3.63, 3.8) is 0 Å². The van der Waals surface area contributed by atoms with Gasteiger partial charge in [-0.3, -0.25) is 0 Å². The van der Waals surface area contributed by atoms with Gasteiger partial charge in [0.2, 0.25) is 0 Å². The van der Waals surface area contributed by atoms with Crippen LogP contribution in [0.4, 0.5) is 0 Å². The molecular formula is C17H20BrNO. The van der Waals surface area contributed by atoms with E-state index < -0.39 is 0 Å². The normalized spacial score (nSPS) is 10.6. The fourth-order valence-corrected chi connectivity index (χ4v) is 2.87. The van der Waals surface area contributed by atoms with Crippen LogP contribution in [0.15, 0.2) is 40.9 Å². The predicted octanol–water partition coefficient (Wildman–Crippen LogP) is 4.36. The van der Waals surface area contributed by atoms with Gasteiger partial charge in [-0.1, -0.05) is 40.2 Å². The quantitative estimate of drug-likeness (QED) is 0.877. The average Bonchev–Trinajstić information content (AvgIpc) is 2.40. The summed E-state index contributed by atoms with van der Waals surface area (Å²) in [4.78, 5) is 0. The third kappa shape index (κ3) is 3.62. The van der Waals surface area contributed by atoms with Crippen molar-refractivity contribution in [2.24, 2.45) is 0 Å². The van der Waals surface area contributed by atoms with E-state index in [1.54, 1.807) is 0 Å². The monoisotopic (exact) mass is 333 g/mol. The number of halogens is 1. The third-order valence-corrected chi connectivity index (χ3v) is 3.77. The Morgan fingerprint density at radius 2 is 1.80 bits per heavy atom. The Labute approximate surface area is 129 Å². The number of ether oxygens (including phenoxy) is 1. The molecule has 0 aliphatic rings. The van der Waals surface area contributed by atoms with E-state index in [2.05, 4.69) is 71.5 Å². The number of benzene rings is 2. The summed E-state index contributed by atoms with van der Waals surface area (Å²) in [6.45, 7) is 5.59. The number of nitrogens with one attached hydrogen (secondary N) is 1. The fraction of sp³-hybridized carbons (Fsp3) is 0.294. The van der Waals surface area contributed by atoms with Crippen LogP contribution in [-0.4, -0.2) is 7.05 Å². The van der Waals surface area contributed by atoms with Gasteiger partial charge >= 0.3 is 0 Å². The van der Waals surface area contributed by atoms with Crippen LogP contribution in [0.2, 0.25) is 0 Å². The highest BCUT2D eigenvalue weighted by atomic mass is 79.9. The maximum atomic E-state index is 6.08. The van der Waals surface area contributed by atoms with E-state index in [1.165, 1.54) is 16.7 Å². The van der Waals surface area contributed by atoms with E-state index in [0.717, 1.165) is 22.3 Å². The van der Waals surface area contributed by atoms with Crippen LogP contribution >= 0.6 is 15.9 Å². The van der Waals surface area contributed by atoms with Gasteiger partial charge in [0.15, 0.2) is 0 Å². The van der Waals surface area contributed by atoms with Gasteiger partial charge in [0.1, 0.15) is 12.4 Å². The van der Waals surface area contributed by atoms with Gasteiger partial charge in [0, 0.05) is 16.6 Å². The predicted molar refractivity (Wildman–Crippen MR) is 87.2 cm³/mol. The van der Waals surface area contributed by atoms with E-state index in [9.17, 15) is 0 Å². The molecule has 2 aromatic rings. The molecule has 0 atom stereocenters. The SMILES string of the molecule is CNCc1cc(Br)cc(C)c1OCc1ccccc1C. The van der Waals surface area contributed by atoms with Gasteiger partial charge in [-0.05, 0) is 49.7 Å². The van der Waals surface area contributed by atoms with E-state index in [1.807, 2.05) is 7.05 Å². The molecule has 0 fully saturated rings. The second kappa shape index (κ2) is 6.91. The molecule has 0 aliphatic heterocycles. The molecule has 0 bridgehead atoms.